The van der Waals surface area contributed by atoms with Gasteiger partial charge in [0.05, 0.1) is 5.56 Å². The summed E-state index contributed by atoms with van der Waals surface area (Å²) in [4.78, 5) is 15.1. The lowest BCUT2D eigenvalue weighted by Gasteiger charge is -2.00. The van der Waals surface area contributed by atoms with Crippen molar-refractivity contribution >= 4 is 17.4 Å². The summed E-state index contributed by atoms with van der Waals surface area (Å²) in [6.07, 6.45) is 1.40. The molecule has 0 saturated carbocycles. The van der Waals surface area contributed by atoms with Crippen molar-refractivity contribution < 1.29 is 13.6 Å². The quantitative estimate of drug-likeness (QED) is 0.492. The van der Waals surface area contributed by atoms with Crippen LogP contribution in [0.1, 0.15) is 21.5 Å². The first-order valence-corrected chi connectivity index (χ1v) is 7.91. The Hall–Kier alpha value is -3.27. The van der Waals surface area contributed by atoms with Gasteiger partial charge in [-0.2, -0.15) is 0 Å². The van der Waals surface area contributed by atoms with E-state index in [1.165, 1.54) is 17.7 Å². The Bertz CT molecular complexity index is 1050. The topological polar surface area (TPSA) is 43.1 Å². The van der Waals surface area contributed by atoms with Gasteiger partial charge in [-0.05, 0) is 41.8 Å². The predicted molar refractivity (Wildman–Crippen MR) is 94.0 cm³/mol. The summed E-state index contributed by atoms with van der Waals surface area (Å²) >= 11 is 0. The number of rotatable bonds is 4. The highest BCUT2D eigenvalue weighted by atomic mass is 19.1. The van der Waals surface area contributed by atoms with Gasteiger partial charge in [-0.1, -0.05) is 42.5 Å². The van der Waals surface area contributed by atoms with E-state index < -0.39 is 5.82 Å². The number of hydrogen-bond donors (Lipinski definition) is 0. The number of aldehydes is 1. The first kappa shape index (κ1) is 15.3. The molecule has 3 aromatic carbocycles. The molecule has 4 aromatic rings. The fourth-order valence-corrected chi connectivity index (χ4v) is 2.81. The van der Waals surface area contributed by atoms with E-state index in [0.717, 1.165) is 12.0 Å². The summed E-state index contributed by atoms with van der Waals surface area (Å²) < 4.78 is 19.8. The van der Waals surface area contributed by atoms with E-state index in [9.17, 15) is 9.18 Å². The molecule has 0 fully saturated rings. The standard InChI is InChI=1S/C21H14FNO2/c22-18-11-16(13-24)6-8-17(18)21-23-19-12-15(7-9-20(19)25-21)10-14-4-2-1-3-5-14/h1-9,11-13H,10H2. The molecule has 0 atom stereocenters. The maximum absolute atomic E-state index is 14.2. The first-order valence-electron chi connectivity index (χ1n) is 7.91. The molecule has 0 bridgehead atoms. The van der Waals surface area contributed by atoms with Gasteiger partial charge in [0.2, 0.25) is 5.89 Å². The van der Waals surface area contributed by atoms with Crippen molar-refractivity contribution in [3.05, 3.63) is 89.2 Å². The molecule has 25 heavy (non-hydrogen) atoms. The molecule has 3 nitrogen and oxygen atoms in total. The van der Waals surface area contributed by atoms with Crippen LogP contribution in [0.3, 0.4) is 0 Å². The monoisotopic (exact) mass is 331 g/mol. The van der Waals surface area contributed by atoms with Crippen LogP contribution in [-0.4, -0.2) is 11.3 Å². The van der Waals surface area contributed by atoms with Gasteiger partial charge in [0.15, 0.2) is 5.58 Å². The van der Waals surface area contributed by atoms with E-state index in [1.54, 1.807) is 6.07 Å². The summed E-state index contributed by atoms with van der Waals surface area (Å²) in [5.74, 6) is -0.317. The van der Waals surface area contributed by atoms with Crippen molar-refractivity contribution in [3.63, 3.8) is 0 Å². The summed E-state index contributed by atoms with van der Waals surface area (Å²) in [5.41, 5.74) is 4.12. The largest absolute Gasteiger partial charge is 0.436 e. The summed E-state index contributed by atoms with van der Waals surface area (Å²) in [5, 5.41) is 0. The minimum atomic E-state index is -0.527. The summed E-state index contributed by atoms with van der Waals surface area (Å²) in [6.45, 7) is 0. The van der Waals surface area contributed by atoms with Gasteiger partial charge in [-0.25, -0.2) is 9.37 Å². The Morgan fingerprint density at radius 2 is 1.80 bits per heavy atom. The van der Waals surface area contributed by atoms with Crippen LogP contribution in [0.25, 0.3) is 22.6 Å². The van der Waals surface area contributed by atoms with Crippen molar-refractivity contribution in [1.29, 1.82) is 0 Å². The van der Waals surface area contributed by atoms with E-state index >= 15 is 0 Å². The third kappa shape index (κ3) is 3.06. The average Bonchev–Trinajstić information content (AvgIpc) is 3.05. The number of benzene rings is 3. The zero-order valence-electron chi connectivity index (χ0n) is 13.3. The molecule has 0 aliphatic carbocycles. The first-order chi connectivity index (χ1) is 12.2. The number of fused-ring (bicyclic) bond motifs is 1. The fourth-order valence-electron chi connectivity index (χ4n) is 2.81. The molecule has 0 unspecified atom stereocenters. The molecule has 0 radical (unpaired) electrons. The minimum Gasteiger partial charge on any atom is -0.436 e. The smallest absolute Gasteiger partial charge is 0.230 e. The van der Waals surface area contributed by atoms with Crippen molar-refractivity contribution in [1.82, 2.24) is 4.98 Å². The predicted octanol–water partition coefficient (Wildman–Crippen LogP) is 5.04. The third-order valence-electron chi connectivity index (χ3n) is 4.06. The van der Waals surface area contributed by atoms with Crippen LogP contribution in [0.2, 0.25) is 0 Å². The number of halogens is 1. The normalized spacial score (nSPS) is 10.9. The molecule has 0 aliphatic heterocycles. The second-order valence-corrected chi connectivity index (χ2v) is 5.84. The van der Waals surface area contributed by atoms with E-state index in [0.29, 0.717) is 17.4 Å². The maximum Gasteiger partial charge on any atom is 0.230 e. The molecule has 4 heteroatoms. The molecule has 1 heterocycles. The summed E-state index contributed by atoms with van der Waals surface area (Å²) in [7, 11) is 0. The van der Waals surface area contributed by atoms with Crippen LogP contribution in [-0.2, 0) is 6.42 Å². The number of oxazole rings is 1. The molecule has 0 aliphatic rings. The Labute approximate surface area is 143 Å². The van der Waals surface area contributed by atoms with E-state index in [1.807, 2.05) is 36.4 Å². The number of aromatic nitrogens is 1. The molecule has 0 saturated heterocycles. The van der Waals surface area contributed by atoms with Crippen LogP contribution in [0, 0.1) is 5.82 Å². The summed E-state index contributed by atoms with van der Waals surface area (Å²) in [6, 6.07) is 20.2. The van der Waals surface area contributed by atoms with Crippen LogP contribution in [0.4, 0.5) is 4.39 Å². The second-order valence-electron chi connectivity index (χ2n) is 5.84. The van der Waals surface area contributed by atoms with Crippen LogP contribution < -0.4 is 0 Å². The number of nitrogens with zero attached hydrogens (tertiary/aromatic N) is 1. The molecule has 4 rings (SSSR count). The molecule has 122 valence electrons. The lowest BCUT2D eigenvalue weighted by atomic mass is 10.0. The van der Waals surface area contributed by atoms with Crippen molar-refractivity contribution in [2.75, 3.05) is 0 Å². The number of hydrogen-bond acceptors (Lipinski definition) is 3. The highest BCUT2D eigenvalue weighted by Crippen LogP contribution is 2.27. The van der Waals surface area contributed by atoms with E-state index in [-0.39, 0.29) is 17.0 Å². The second kappa shape index (κ2) is 6.32. The lowest BCUT2D eigenvalue weighted by molar-refractivity contribution is 0.112. The van der Waals surface area contributed by atoms with Crippen molar-refractivity contribution in [3.8, 4) is 11.5 Å². The lowest BCUT2D eigenvalue weighted by Crippen LogP contribution is -1.88. The van der Waals surface area contributed by atoms with Crippen LogP contribution >= 0.6 is 0 Å². The Kier molecular flexibility index (Phi) is 3.86. The van der Waals surface area contributed by atoms with Gasteiger partial charge >= 0.3 is 0 Å². The van der Waals surface area contributed by atoms with E-state index in [2.05, 4.69) is 17.1 Å². The van der Waals surface area contributed by atoms with Gasteiger partial charge in [0.25, 0.3) is 0 Å². The molecule has 0 spiro atoms. The Balaban J connectivity index is 1.70. The van der Waals surface area contributed by atoms with Gasteiger partial charge < -0.3 is 4.42 Å². The molecule has 1 aromatic heterocycles. The SMILES string of the molecule is O=Cc1ccc(-c2nc3cc(Cc4ccccc4)ccc3o2)c(F)c1. The van der Waals surface area contributed by atoms with Gasteiger partial charge in [-0.15, -0.1) is 0 Å². The molecular weight excluding hydrogens is 317 g/mol. The van der Waals surface area contributed by atoms with Crippen LogP contribution in [0.5, 0.6) is 0 Å². The van der Waals surface area contributed by atoms with Gasteiger partial charge in [-0.3, -0.25) is 4.79 Å². The molecule has 0 N–H and O–H groups in total. The zero-order chi connectivity index (χ0) is 17.2. The number of carbonyl (C=O) groups is 1. The number of carbonyl (C=O) groups excluding carboxylic acids is 1. The highest BCUT2D eigenvalue weighted by Gasteiger charge is 2.13. The van der Waals surface area contributed by atoms with Gasteiger partial charge in [0, 0.05) is 5.56 Å². The van der Waals surface area contributed by atoms with Crippen molar-refractivity contribution in [2.45, 2.75) is 6.42 Å². The van der Waals surface area contributed by atoms with E-state index in [4.69, 9.17) is 4.42 Å². The van der Waals surface area contributed by atoms with Crippen LogP contribution in [0.15, 0.2) is 71.1 Å². The molecular formula is C21H14FNO2. The Morgan fingerprint density at radius 3 is 2.56 bits per heavy atom. The fraction of sp³-hybridized carbons (Fsp3) is 0.0476. The van der Waals surface area contributed by atoms with Gasteiger partial charge in [0.1, 0.15) is 17.6 Å². The third-order valence-corrected chi connectivity index (χ3v) is 4.06. The highest BCUT2D eigenvalue weighted by molar-refractivity contribution is 5.79. The molecule has 0 amide bonds. The average molecular weight is 331 g/mol. The minimum absolute atomic E-state index is 0.210. The van der Waals surface area contributed by atoms with Crippen molar-refractivity contribution in [2.24, 2.45) is 0 Å². The zero-order valence-corrected chi connectivity index (χ0v) is 13.3. The maximum atomic E-state index is 14.2. The Morgan fingerprint density at radius 1 is 0.960 bits per heavy atom.